The van der Waals surface area contributed by atoms with Crippen molar-refractivity contribution in [2.24, 2.45) is 0 Å². The van der Waals surface area contributed by atoms with Crippen molar-refractivity contribution in [2.45, 2.75) is 39.7 Å². The van der Waals surface area contributed by atoms with Gasteiger partial charge in [0.25, 0.3) is 5.91 Å². The average molecular weight is 393 g/mol. The second-order valence-electron chi connectivity index (χ2n) is 6.80. The molecule has 1 aliphatic rings. The number of carbonyl (C=O) groups excluding carboxylic acids is 3. The highest BCUT2D eigenvalue weighted by molar-refractivity contribution is 6.16. The zero-order chi connectivity index (χ0) is 21.1. The number of ketones is 1. The molecule has 2 aromatic rings. The highest BCUT2D eigenvalue weighted by atomic mass is 16.5. The first kappa shape index (κ1) is 20.3. The van der Waals surface area contributed by atoms with Crippen LogP contribution in [0.4, 0.5) is 5.69 Å². The smallest absolute Gasteiger partial charge is 0.308 e. The van der Waals surface area contributed by atoms with Crippen LogP contribution in [0.5, 0.6) is 5.75 Å². The van der Waals surface area contributed by atoms with Crippen LogP contribution in [-0.2, 0) is 20.8 Å². The maximum atomic E-state index is 12.9. The SMILES string of the molecule is CCC(=O)C1=C(O)C(=O)N(c2ccc(CC)cc2)C1c1cccc(OC(C)=O)c1. The summed E-state index contributed by atoms with van der Waals surface area (Å²) in [4.78, 5) is 38.3. The number of Topliss-reactive ketones (excluding diaryl/α,β-unsaturated/α-hetero) is 1. The van der Waals surface area contributed by atoms with E-state index in [1.165, 1.54) is 11.8 Å². The molecule has 0 spiro atoms. The number of rotatable bonds is 6. The fraction of sp³-hybridized carbons (Fsp3) is 0.261. The second-order valence-corrected chi connectivity index (χ2v) is 6.80. The highest BCUT2D eigenvalue weighted by Gasteiger charge is 2.43. The number of aliphatic hydroxyl groups excluding tert-OH is 1. The van der Waals surface area contributed by atoms with E-state index < -0.39 is 23.7 Å². The Morgan fingerprint density at radius 2 is 1.79 bits per heavy atom. The molecule has 1 N–H and O–H groups in total. The summed E-state index contributed by atoms with van der Waals surface area (Å²) in [6.45, 7) is 5.01. The first-order valence-electron chi connectivity index (χ1n) is 9.54. The molecule has 0 aromatic heterocycles. The minimum absolute atomic E-state index is 0.0528. The van der Waals surface area contributed by atoms with Gasteiger partial charge in [0.1, 0.15) is 5.75 Å². The normalized spacial score (nSPS) is 16.3. The number of ether oxygens (including phenoxy) is 1. The van der Waals surface area contributed by atoms with E-state index in [-0.39, 0.29) is 17.8 Å². The molecule has 1 unspecified atom stereocenters. The molecule has 1 amide bonds. The molecule has 0 fully saturated rings. The van der Waals surface area contributed by atoms with Crippen LogP contribution in [-0.4, -0.2) is 22.8 Å². The molecule has 1 heterocycles. The van der Waals surface area contributed by atoms with E-state index in [1.807, 2.05) is 19.1 Å². The summed E-state index contributed by atoms with van der Waals surface area (Å²) in [6, 6.07) is 13.2. The number of carbonyl (C=O) groups is 3. The Labute approximate surface area is 169 Å². The third kappa shape index (κ3) is 3.92. The lowest BCUT2D eigenvalue weighted by Crippen LogP contribution is -2.31. The van der Waals surface area contributed by atoms with Gasteiger partial charge in [-0.05, 0) is 41.8 Å². The van der Waals surface area contributed by atoms with Crippen LogP contribution >= 0.6 is 0 Å². The summed E-state index contributed by atoms with van der Waals surface area (Å²) in [5.41, 5.74) is 2.30. The standard InChI is InChI=1S/C23H23NO5/c1-4-15-9-11-17(12-10-15)24-21(20(19(26)5-2)22(27)23(24)28)16-7-6-8-18(13-16)29-14(3)25/h6-13,21,27H,4-5H2,1-3H3. The van der Waals surface area contributed by atoms with E-state index in [0.717, 1.165) is 12.0 Å². The molecule has 150 valence electrons. The molecule has 0 radical (unpaired) electrons. The number of benzene rings is 2. The Bertz CT molecular complexity index is 991. The number of anilines is 1. The quantitative estimate of drug-likeness (QED) is 0.591. The van der Waals surface area contributed by atoms with E-state index in [1.54, 1.807) is 43.3 Å². The Morgan fingerprint density at radius 1 is 1.10 bits per heavy atom. The van der Waals surface area contributed by atoms with Crippen LogP contribution < -0.4 is 9.64 Å². The van der Waals surface area contributed by atoms with E-state index in [9.17, 15) is 19.5 Å². The van der Waals surface area contributed by atoms with Gasteiger partial charge in [0.05, 0.1) is 11.6 Å². The van der Waals surface area contributed by atoms with Crippen LogP contribution in [0.25, 0.3) is 0 Å². The van der Waals surface area contributed by atoms with Gasteiger partial charge in [-0.3, -0.25) is 19.3 Å². The van der Waals surface area contributed by atoms with E-state index in [4.69, 9.17) is 4.74 Å². The van der Waals surface area contributed by atoms with Crippen molar-refractivity contribution in [2.75, 3.05) is 4.90 Å². The Morgan fingerprint density at radius 3 is 2.38 bits per heavy atom. The summed E-state index contributed by atoms with van der Waals surface area (Å²) in [5.74, 6) is -1.65. The highest BCUT2D eigenvalue weighted by Crippen LogP contribution is 2.42. The lowest BCUT2D eigenvalue weighted by Gasteiger charge is -2.27. The molecule has 6 heteroatoms. The van der Waals surface area contributed by atoms with Crippen LogP contribution in [0.2, 0.25) is 0 Å². The van der Waals surface area contributed by atoms with Crippen LogP contribution in [0.1, 0.15) is 44.4 Å². The lowest BCUT2D eigenvalue weighted by molar-refractivity contribution is -0.132. The molecule has 0 aliphatic carbocycles. The predicted octanol–water partition coefficient (Wildman–Crippen LogP) is 4.05. The molecular formula is C23H23NO5. The van der Waals surface area contributed by atoms with Crippen molar-refractivity contribution < 1.29 is 24.2 Å². The first-order chi connectivity index (χ1) is 13.9. The van der Waals surface area contributed by atoms with Gasteiger partial charge in [-0.2, -0.15) is 0 Å². The van der Waals surface area contributed by atoms with Crippen LogP contribution in [0.3, 0.4) is 0 Å². The average Bonchev–Trinajstić information content (AvgIpc) is 2.98. The monoisotopic (exact) mass is 393 g/mol. The topological polar surface area (TPSA) is 83.9 Å². The Hall–Kier alpha value is -3.41. The zero-order valence-corrected chi connectivity index (χ0v) is 16.6. The number of aliphatic hydroxyl groups is 1. The van der Waals surface area contributed by atoms with Crippen molar-refractivity contribution in [3.63, 3.8) is 0 Å². The summed E-state index contributed by atoms with van der Waals surface area (Å²) in [6.07, 6.45) is 1.00. The summed E-state index contributed by atoms with van der Waals surface area (Å²) in [7, 11) is 0. The van der Waals surface area contributed by atoms with Crippen molar-refractivity contribution in [3.8, 4) is 5.75 Å². The Balaban J connectivity index is 2.13. The van der Waals surface area contributed by atoms with Crippen molar-refractivity contribution in [3.05, 3.63) is 71.0 Å². The molecule has 0 saturated carbocycles. The number of nitrogens with zero attached hydrogens (tertiary/aromatic N) is 1. The van der Waals surface area contributed by atoms with Gasteiger partial charge in [0, 0.05) is 19.0 Å². The van der Waals surface area contributed by atoms with Crippen molar-refractivity contribution in [1.29, 1.82) is 0 Å². The summed E-state index contributed by atoms with van der Waals surface area (Å²) < 4.78 is 5.16. The van der Waals surface area contributed by atoms with Gasteiger partial charge in [0.15, 0.2) is 11.5 Å². The second kappa shape index (κ2) is 8.31. The van der Waals surface area contributed by atoms with E-state index >= 15 is 0 Å². The Kier molecular flexibility index (Phi) is 5.82. The van der Waals surface area contributed by atoms with Crippen LogP contribution in [0.15, 0.2) is 59.9 Å². The van der Waals surface area contributed by atoms with Gasteiger partial charge in [-0.1, -0.05) is 38.1 Å². The van der Waals surface area contributed by atoms with Crippen LogP contribution in [0, 0.1) is 0 Å². The minimum atomic E-state index is -0.807. The third-order valence-electron chi connectivity index (χ3n) is 4.89. The lowest BCUT2D eigenvalue weighted by atomic mass is 9.94. The molecular weight excluding hydrogens is 370 g/mol. The molecule has 0 bridgehead atoms. The number of esters is 1. The minimum Gasteiger partial charge on any atom is -0.503 e. The van der Waals surface area contributed by atoms with Gasteiger partial charge >= 0.3 is 5.97 Å². The van der Waals surface area contributed by atoms with Gasteiger partial charge in [-0.15, -0.1) is 0 Å². The molecule has 1 aliphatic heterocycles. The van der Waals surface area contributed by atoms with Gasteiger partial charge in [0.2, 0.25) is 0 Å². The fourth-order valence-electron chi connectivity index (χ4n) is 3.47. The zero-order valence-electron chi connectivity index (χ0n) is 16.6. The summed E-state index contributed by atoms with van der Waals surface area (Å²) in [5, 5.41) is 10.5. The molecule has 1 atom stereocenters. The maximum Gasteiger partial charge on any atom is 0.308 e. The maximum absolute atomic E-state index is 12.9. The number of hydrogen-bond donors (Lipinski definition) is 1. The van der Waals surface area contributed by atoms with Crippen molar-refractivity contribution >= 4 is 23.3 Å². The van der Waals surface area contributed by atoms with E-state index in [0.29, 0.717) is 17.0 Å². The van der Waals surface area contributed by atoms with Crippen molar-refractivity contribution in [1.82, 2.24) is 0 Å². The largest absolute Gasteiger partial charge is 0.503 e. The van der Waals surface area contributed by atoms with Gasteiger partial charge in [-0.25, -0.2) is 0 Å². The summed E-state index contributed by atoms with van der Waals surface area (Å²) >= 11 is 0. The molecule has 6 nitrogen and oxygen atoms in total. The molecule has 0 saturated heterocycles. The number of hydrogen-bond acceptors (Lipinski definition) is 5. The fourth-order valence-corrected chi connectivity index (χ4v) is 3.47. The molecule has 29 heavy (non-hydrogen) atoms. The predicted molar refractivity (Wildman–Crippen MR) is 109 cm³/mol. The molecule has 2 aromatic carbocycles. The number of aryl methyl sites for hydroxylation is 1. The number of amides is 1. The van der Waals surface area contributed by atoms with E-state index in [2.05, 4.69) is 0 Å². The first-order valence-corrected chi connectivity index (χ1v) is 9.54. The molecule has 3 rings (SSSR count). The van der Waals surface area contributed by atoms with Gasteiger partial charge < -0.3 is 9.84 Å². The third-order valence-corrected chi connectivity index (χ3v) is 4.89.